The first kappa shape index (κ1) is 31.7. The maximum Gasteiger partial charge on any atom is 0.112 e. The van der Waals surface area contributed by atoms with Crippen molar-refractivity contribution in [1.82, 2.24) is 62.1 Å². The van der Waals surface area contributed by atoms with E-state index in [1.165, 1.54) is 103 Å². The van der Waals surface area contributed by atoms with Crippen LogP contribution in [0.4, 0.5) is 0 Å². The van der Waals surface area contributed by atoms with Crippen molar-refractivity contribution in [3.05, 3.63) is 0 Å². The monoisotopic (exact) mass is 700 g/mol. The highest BCUT2D eigenvalue weighted by Gasteiger charge is 2.54. The van der Waals surface area contributed by atoms with Gasteiger partial charge in [0.15, 0.2) is 0 Å². The summed E-state index contributed by atoms with van der Waals surface area (Å²) in [5.41, 5.74) is 0.738. The molecule has 14 heteroatoms. The average molecular weight is 701 g/mol. The summed E-state index contributed by atoms with van der Waals surface area (Å²) in [7, 11) is 0. The Balaban J connectivity index is 0.675. The van der Waals surface area contributed by atoms with E-state index in [1.807, 2.05) is 0 Å². The van der Waals surface area contributed by atoms with E-state index in [9.17, 15) is 0 Å². The zero-order chi connectivity index (χ0) is 31.3. The van der Waals surface area contributed by atoms with E-state index >= 15 is 0 Å². The fourth-order valence-electron chi connectivity index (χ4n) is 12.7. The zero-order valence-electron chi connectivity index (χ0n) is 28.6. The molecule has 11 fully saturated rings. The molecule has 0 aromatic carbocycles. The van der Waals surface area contributed by atoms with Gasteiger partial charge in [-0.25, -0.2) is 0 Å². The fraction of sp³-hybridized carbons (Fsp3) is 1.00. The lowest BCUT2D eigenvalue weighted by atomic mass is 9.85. The third-order valence-corrected chi connectivity index (χ3v) is 17.8. The number of thioether (sulfide) groups is 2. The topological polar surface area (TPSA) is 109 Å². The highest BCUT2D eigenvalue weighted by molar-refractivity contribution is 8.01. The van der Waals surface area contributed by atoms with Crippen molar-refractivity contribution >= 4 is 23.5 Å². The zero-order valence-corrected chi connectivity index (χ0v) is 30.2. The first-order valence-electron chi connectivity index (χ1n) is 20.0. The van der Waals surface area contributed by atoms with Crippen LogP contribution >= 0.6 is 23.5 Å². The van der Waals surface area contributed by atoms with E-state index in [4.69, 9.17) is 0 Å². The van der Waals surface area contributed by atoms with Crippen molar-refractivity contribution in [2.24, 2.45) is 11.8 Å². The number of hydrogen-bond donors (Lipinski definition) is 8. The molecule has 0 aromatic rings. The van der Waals surface area contributed by atoms with Gasteiger partial charge in [-0.15, -0.1) is 23.5 Å². The number of nitrogens with one attached hydrogen (secondary N) is 8. The van der Waals surface area contributed by atoms with Crippen molar-refractivity contribution < 1.29 is 0 Å². The number of nitrogens with zero attached hydrogens (tertiary/aromatic N) is 4. The van der Waals surface area contributed by atoms with Gasteiger partial charge in [0.25, 0.3) is 0 Å². The van der Waals surface area contributed by atoms with E-state index in [2.05, 4.69) is 85.7 Å². The first-order chi connectivity index (χ1) is 23.7. The fourth-order valence-corrected chi connectivity index (χ4v) is 15.6. The Labute approximate surface area is 295 Å². The number of fused-ring (bicyclic) bond motifs is 6. The Morgan fingerprint density at radius 1 is 0.479 bits per heavy atom. The summed E-state index contributed by atoms with van der Waals surface area (Å²) in [4.78, 5) is 11.4. The number of rotatable bonds is 4. The van der Waals surface area contributed by atoms with E-state index in [0.29, 0.717) is 58.2 Å². The van der Waals surface area contributed by atoms with Crippen LogP contribution in [0.5, 0.6) is 0 Å². The molecule has 16 unspecified atom stereocenters. The minimum Gasteiger partial charge on any atom is -0.316 e. The van der Waals surface area contributed by atoms with Crippen molar-refractivity contribution in [2.75, 3.05) is 52.6 Å². The second-order valence-electron chi connectivity index (χ2n) is 17.2. The molecule has 9 aliphatic heterocycles. The second kappa shape index (κ2) is 13.0. The van der Waals surface area contributed by atoms with Crippen molar-refractivity contribution in [3.8, 4) is 0 Å². The maximum absolute atomic E-state index is 4.09. The number of piperidine rings is 2. The summed E-state index contributed by atoms with van der Waals surface area (Å²) in [6.07, 6.45) is 14.2. The molecule has 48 heavy (non-hydrogen) atoms. The minimum atomic E-state index is 0.295. The molecule has 0 radical (unpaired) electrons. The van der Waals surface area contributed by atoms with Gasteiger partial charge in [-0.1, -0.05) is 0 Å². The van der Waals surface area contributed by atoms with Crippen molar-refractivity contribution in [1.29, 1.82) is 0 Å². The molecule has 0 bridgehead atoms. The molecular weight excluding hydrogens is 641 g/mol. The van der Waals surface area contributed by atoms with E-state index in [-0.39, 0.29) is 0 Å². The molecule has 16 atom stereocenters. The molecule has 268 valence electrons. The molecule has 12 nitrogen and oxygen atoms in total. The molecular formula is C34H60N12S2. The van der Waals surface area contributed by atoms with Gasteiger partial charge in [0, 0.05) is 48.3 Å². The van der Waals surface area contributed by atoms with E-state index in [1.54, 1.807) is 0 Å². The quantitative estimate of drug-likeness (QED) is 0.191. The Hall–Kier alpha value is 0.220. The van der Waals surface area contributed by atoms with Gasteiger partial charge < -0.3 is 10.6 Å². The summed E-state index contributed by atoms with van der Waals surface area (Å²) >= 11 is 4.23. The van der Waals surface area contributed by atoms with Crippen LogP contribution in [-0.2, 0) is 0 Å². The predicted octanol–water partition coefficient (Wildman–Crippen LogP) is -0.604. The Kier molecular flexibility index (Phi) is 8.57. The summed E-state index contributed by atoms with van der Waals surface area (Å²) in [5.74, 6) is 1.78. The lowest BCUT2D eigenvalue weighted by Crippen LogP contribution is -2.67. The molecule has 2 saturated carbocycles. The number of hydrogen-bond acceptors (Lipinski definition) is 14. The van der Waals surface area contributed by atoms with E-state index in [0.717, 1.165) is 49.3 Å². The minimum absolute atomic E-state index is 0.295. The predicted molar refractivity (Wildman–Crippen MR) is 193 cm³/mol. The van der Waals surface area contributed by atoms with Crippen LogP contribution in [0.15, 0.2) is 0 Å². The highest BCUT2D eigenvalue weighted by atomic mass is 32.2. The molecule has 9 saturated heterocycles. The molecule has 8 N–H and O–H groups in total. The van der Waals surface area contributed by atoms with Crippen LogP contribution in [0.1, 0.15) is 64.2 Å². The van der Waals surface area contributed by atoms with Crippen LogP contribution in [0, 0.1) is 11.8 Å². The summed E-state index contributed by atoms with van der Waals surface area (Å²) in [6, 6.07) is 5.82. The van der Waals surface area contributed by atoms with Gasteiger partial charge >= 0.3 is 0 Å². The van der Waals surface area contributed by atoms with Gasteiger partial charge in [-0.3, -0.25) is 51.5 Å². The van der Waals surface area contributed by atoms with Gasteiger partial charge in [-0.2, -0.15) is 0 Å². The lowest BCUT2D eigenvalue weighted by molar-refractivity contribution is 0.0771. The van der Waals surface area contributed by atoms with Crippen LogP contribution in [0.3, 0.4) is 0 Å². The van der Waals surface area contributed by atoms with Crippen LogP contribution < -0.4 is 42.5 Å². The van der Waals surface area contributed by atoms with Crippen molar-refractivity contribution in [3.63, 3.8) is 0 Å². The van der Waals surface area contributed by atoms with Crippen LogP contribution in [0.25, 0.3) is 0 Å². The van der Waals surface area contributed by atoms with Crippen LogP contribution in [-0.4, -0.2) is 155 Å². The standard InChI is InChI=1S/C34H60N12S2/c1-3-27-23(13-21(1)43-11-7-19-15-35-9-5-25(19)43)37-17-45(27)33-40-29-31(47-33)42-32-30(39-29)41-34(48-32)46-18-38-24-14-22(2-4-28(24)46)44-12-8-20-16-36-10-6-26(20)44/h19-42H,1-18H2. The number of piperazine rings is 1. The molecule has 0 amide bonds. The van der Waals surface area contributed by atoms with Crippen LogP contribution in [0.2, 0.25) is 0 Å². The second-order valence-corrected chi connectivity index (χ2v) is 19.6. The molecule has 11 rings (SSSR count). The normalized spacial score (nSPS) is 54.5. The molecule has 0 spiro atoms. The van der Waals surface area contributed by atoms with Crippen molar-refractivity contribution in [2.45, 2.75) is 147 Å². The highest BCUT2D eigenvalue weighted by Crippen LogP contribution is 2.43. The third-order valence-electron chi connectivity index (χ3n) is 15.0. The third kappa shape index (κ3) is 5.41. The summed E-state index contributed by atoms with van der Waals surface area (Å²) in [6.45, 7) is 9.60. The Morgan fingerprint density at radius 3 is 1.52 bits per heavy atom. The average Bonchev–Trinajstić information content (AvgIpc) is 3.97. The van der Waals surface area contributed by atoms with Gasteiger partial charge in [0.2, 0.25) is 0 Å². The Morgan fingerprint density at radius 2 is 1.00 bits per heavy atom. The SMILES string of the molecule is C1CC2C(CCN2C2CCC3C(C2)NCN3C2NC3NC4NC(N5CNC6CC(N7CCC8CNCCC87)CCC65)SC4NC3S2)CN1. The molecule has 0 aromatic heterocycles. The smallest absolute Gasteiger partial charge is 0.112 e. The van der Waals surface area contributed by atoms with E-state index < -0.39 is 0 Å². The van der Waals surface area contributed by atoms with Gasteiger partial charge in [0.1, 0.15) is 11.0 Å². The first-order valence-corrected chi connectivity index (χ1v) is 21.9. The largest absolute Gasteiger partial charge is 0.316 e. The maximum atomic E-state index is 4.09. The van der Waals surface area contributed by atoms with Gasteiger partial charge in [0.05, 0.1) is 36.4 Å². The molecule has 11 aliphatic rings. The van der Waals surface area contributed by atoms with Gasteiger partial charge in [-0.05, 0) is 115 Å². The molecule has 2 aliphatic carbocycles. The lowest BCUT2D eigenvalue weighted by Gasteiger charge is -2.43. The summed E-state index contributed by atoms with van der Waals surface area (Å²) < 4.78 is 0. The number of likely N-dealkylation sites (tertiary alicyclic amines) is 2. The summed E-state index contributed by atoms with van der Waals surface area (Å²) in [5, 5.41) is 32.3. The Bertz CT molecular complexity index is 1080. The molecule has 9 heterocycles.